The number of rotatable bonds is 6. The molecule has 1 aromatic heterocycles. The lowest BCUT2D eigenvalue weighted by atomic mass is 10.2. The highest BCUT2D eigenvalue weighted by Crippen LogP contribution is 2.16. The Morgan fingerprint density at radius 2 is 2.35 bits per heavy atom. The molecule has 0 radical (unpaired) electrons. The summed E-state index contributed by atoms with van der Waals surface area (Å²) in [4.78, 5) is 25.7. The number of hydrogen-bond donors (Lipinski definition) is 2. The van der Waals surface area contributed by atoms with Crippen molar-refractivity contribution in [3.63, 3.8) is 0 Å². The van der Waals surface area contributed by atoms with Gasteiger partial charge in [0.2, 0.25) is 5.91 Å². The molecule has 2 N–H and O–H groups in total. The van der Waals surface area contributed by atoms with Gasteiger partial charge in [-0.2, -0.15) is 0 Å². The summed E-state index contributed by atoms with van der Waals surface area (Å²) in [6, 6.07) is 0. The minimum atomic E-state index is -0.804. The van der Waals surface area contributed by atoms with Crippen LogP contribution in [0.15, 0.2) is 17.5 Å². The van der Waals surface area contributed by atoms with E-state index < -0.39 is 5.97 Å². The maximum Gasteiger partial charge on any atom is 0.303 e. The highest BCUT2D eigenvalue weighted by Gasteiger charge is 2.05. The molecule has 0 aliphatic heterocycles. The van der Waals surface area contributed by atoms with Crippen molar-refractivity contribution in [2.75, 3.05) is 5.32 Å². The lowest BCUT2D eigenvalue weighted by molar-refractivity contribution is -0.137. The highest BCUT2D eigenvalue weighted by atomic mass is 32.1. The molecule has 0 unspecified atom stereocenters. The molecule has 0 aromatic carbocycles. The van der Waals surface area contributed by atoms with Gasteiger partial charge in [0, 0.05) is 11.8 Å². The van der Waals surface area contributed by atoms with Crippen molar-refractivity contribution < 1.29 is 14.7 Å². The third-order valence-electron chi connectivity index (χ3n) is 1.92. The van der Waals surface area contributed by atoms with E-state index in [4.69, 9.17) is 5.11 Å². The maximum absolute atomic E-state index is 11.2. The first-order valence-corrected chi connectivity index (χ1v) is 6.09. The largest absolute Gasteiger partial charge is 0.481 e. The monoisotopic (exact) mass is 254 g/mol. The lowest BCUT2D eigenvalue weighted by Crippen LogP contribution is -2.07. The fraction of sp³-hybridized carbons (Fsp3) is 0.364. The molecule has 0 aliphatic rings. The lowest BCUT2D eigenvalue weighted by Gasteiger charge is -1.95. The SMILES string of the molecule is C/C=C/C(=O)Nc1nc(CCCC(=O)O)cs1. The van der Waals surface area contributed by atoms with Crippen LogP contribution in [0.4, 0.5) is 5.13 Å². The molecular weight excluding hydrogens is 240 g/mol. The topological polar surface area (TPSA) is 79.3 Å². The number of hydrogen-bond acceptors (Lipinski definition) is 4. The van der Waals surface area contributed by atoms with Crippen molar-refractivity contribution in [1.82, 2.24) is 4.98 Å². The van der Waals surface area contributed by atoms with Crippen molar-refractivity contribution >= 4 is 28.3 Å². The van der Waals surface area contributed by atoms with Crippen molar-refractivity contribution in [3.8, 4) is 0 Å². The molecular formula is C11H14N2O3S. The van der Waals surface area contributed by atoms with Crippen LogP contribution in [0.3, 0.4) is 0 Å². The third-order valence-corrected chi connectivity index (χ3v) is 2.73. The van der Waals surface area contributed by atoms with Crippen molar-refractivity contribution in [3.05, 3.63) is 23.2 Å². The number of carboxylic acids is 1. The second-order valence-electron chi connectivity index (χ2n) is 3.38. The number of aromatic nitrogens is 1. The van der Waals surface area contributed by atoms with Crippen LogP contribution in [-0.2, 0) is 16.0 Å². The first kappa shape index (κ1) is 13.4. The maximum atomic E-state index is 11.2. The first-order chi connectivity index (χ1) is 8.11. The quantitative estimate of drug-likeness (QED) is 0.762. The zero-order valence-electron chi connectivity index (χ0n) is 9.47. The predicted molar refractivity (Wildman–Crippen MR) is 66.1 cm³/mol. The minimum Gasteiger partial charge on any atom is -0.481 e. The van der Waals surface area contributed by atoms with E-state index in [1.165, 1.54) is 17.4 Å². The zero-order valence-corrected chi connectivity index (χ0v) is 10.3. The molecule has 0 atom stereocenters. The summed E-state index contributed by atoms with van der Waals surface area (Å²) in [7, 11) is 0. The molecule has 0 saturated heterocycles. The minimum absolute atomic E-state index is 0.137. The second kappa shape index (κ2) is 6.80. The second-order valence-corrected chi connectivity index (χ2v) is 4.24. The van der Waals surface area contributed by atoms with Gasteiger partial charge in [-0.05, 0) is 25.8 Å². The van der Waals surface area contributed by atoms with Crippen LogP contribution in [0.2, 0.25) is 0 Å². The molecule has 1 aromatic rings. The molecule has 6 heteroatoms. The fourth-order valence-electron chi connectivity index (χ4n) is 1.20. The molecule has 1 heterocycles. The Bertz CT molecular complexity index is 426. The fourth-order valence-corrected chi connectivity index (χ4v) is 1.95. The zero-order chi connectivity index (χ0) is 12.7. The normalized spacial score (nSPS) is 10.6. The van der Waals surface area contributed by atoms with Crippen LogP contribution in [0, 0.1) is 0 Å². The van der Waals surface area contributed by atoms with E-state index in [0.717, 1.165) is 5.69 Å². The summed E-state index contributed by atoms with van der Waals surface area (Å²) in [5.74, 6) is -1.01. The summed E-state index contributed by atoms with van der Waals surface area (Å²) in [6.45, 7) is 1.76. The molecule has 1 rings (SSSR count). The average molecular weight is 254 g/mol. The number of anilines is 1. The van der Waals surface area contributed by atoms with Gasteiger partial charge in [0.1, 0.15) is 0 Å². The van der Waals surface area contributed by atoms with Crippen LogP contribution in [0.25, 0.3) is 0 Å². The molecule has 0 spiro atoms. The number of thiazole rings is 1. The van der Waals surface area contributed by atoms with Crippen LogP contribution in [0.1, 0.15) is 25.5 Å². The molecule has 0 bridgehead atoms. The van der Waals surface area contributed by atoms with Crippen LogP contribution in [0.5, 0.6) is 0 Å². The first-order valence-electron chi connectivity index (χ1n) is 5.21. The number of nitrogens with zero attached hydrogens (tertiary/aromatic N) is 1. The van der Waals surface area contributed by atoms with Crippen molar-refractivity contribution in [1.29, 1.82) is 0 Å². The van der Waals surface area contributed by atoms with E-state index in [1.54, 1.807) is 13.0 Å². The van der Waals surface area contributed by atoms with Crippen LogP contribution >= 0.6 is 11.3 Å². The van der Waals surface area contributed by atoms with E-state index in [9.17, 15) is 9.59 Å². The van der Waals surface area contributed by atoms with Gasteiger partial charge < -0.3 is 5.11 Å². The predicted octanol–water partition coefficient (Wildman–Crippen LogP) is 2.06. The van der Waals surface area contributed by atoms with E-state index in [2.05, 4.69) is 10.3 Å². The number of amides is 1. The Labute approximate surface area is 103 Å². The Morgan fingerprint density at radius 1 is 1.59 bits per heavy atom. The van der Waals surface area contributed by atoms with Gasteiger partial charge in [-0.3, -0.25) is 14.9 Å². The highest BCUT2D eigenvalue weighted by molar-refractivity contribution is 7.13. The van der Waals surface area contributed by atoms with Crippen molar-refractivity contribution in [2.24, 2.45) is 0 Å². The Hall–Kier alpha value is -1.69. The van der Waals surface area contributed by atoms with Crippen LogP contribution in [-0.4, -0.2) is 22.0 Å². The van der Waals surface area contributed by atoms with Crippen molar-refractivity contribution in [2.45, 2.75) is 26.2 Å². The summed E-state index contributed by atoms with van der Waals surface area (Å²) in [5, 5.41) is 13.5. The Kier molecular flexibility index (Phi) is 5.35. The summed E-state index contributed by atoms with van der Waals surface area (Å²) in [5.41, 5.74) is 0.812. The van der Waals surface area contributed by atoms with Gasteiger partial charge in [0.05, 0.1) is 5.69 Å². The molecule has 0 fully saturated rings. The van der Waals surface area contributed by atoms with E-state index in [0.29, 0.717) is 18.0 Å². The Balaban J connectivity index is 2.42. The van der Waals surface area contributed by atoms with E-state index in [-0.39, 0.29) is 12.3 Å². The molecule has 92 valence electrons. The summed E-state index contributed by atoms with van der Waals surface area (Å²) in [6.07, 6.45) is 4.38. The number of nitrogens with one attached hydrogen (secondary N) is 1. The van der Waals surface area contributed by atoms with E-state index in [1.807, 2.05) is 5.38 Å². The van der Waals surface area contributed by atoms with Gasteiger partial charge in [-0.25, -0.2) is 4.98 Å². The standard InChI is InChI=1S/C11H14N2O3S/c1-2-4-9(14)13-11-12-8(7-17-11)5-3-6-10(15)16/h2,4,7H,3,5-6H2,1H3,(H,15,16)(H,12,13,14)/b4-2+. The Morgan fingerprint density at radius 3 is 3.00 bits per heavy atom. The molecule has 5 nitrogen and oxygen atoms in total. The van der Waals surface area contributed by atoms with Gasteiger partial charge >= 0.3 is 5.97 Å². The van der Waals surface area contributed by atoms with Gasteiger partial charge in [0.25, 0.3) is 0 Å². The van der Waals surface area contributed by atoms with Crippen LogP contribution < -0.4 is 5.32 Å². The molecule has 0 saturated carbocycles. The van der Waals surface area contributed by atoms with Gasteiger partial charge in [-0.1, -0.05) is 6.08 Å². The summed E-state index contributed by atoms with van der Waals surface area (Å²) < 4.78 is 0. The number of carboxylic acid groups (broad SMARTS) is 1. The number of carbonyl (C=O) groups excluding carboxylic acids is 1. The van der Waals surface area contributed by atoms with Gasteiger partial charge in [0.15, 0.2) is 5.13 Å². The number of carbonyl (C=O) groups is 2. The number of allylic oxidation sites excluding steroid dienone is 1. The average Bonchev–Trinajstić information content (AvgIpc) is 2.65. The molecule has 1 amide bonds. The molecule has 17 heavy (non-hydrogen) atoms. The smallest absolute Gasteiger partial charge is 0.303 e. The number of aliphatic carboxylic acids is 1. The summed E-state index contributed by atoms with van der Waals surface area (Å²) >= 11 is 1.34. The third kappa shape index (κ3) is 5.26. The molecule has 0 aliphatic carbocycles. The number of aryl methyl sites for hydroxylation is 1. The van der Waals surface area contributed by atoms with E-state index >= 15 is 0 Å². The van der Waals surface area contributed by atoms with Gasteiger partial charge in [-0.15, -0.1) is 11.3 Å².